The summed E-state index contributed by atoms with van der Waals surface area (Å²) in [7, 11) is 5.44. The van der Waals surface area contributed by atoms with Crippen LogP contribution in [0.2, 0.25) is 0 Å². The van der Waals surface area contributed by atoms with Gasteiger partial charge in [0.05, 0.1) is 0 Å². The number of hydrogen-bond donors (Lipinski definition) is 0. The van der Waals surface area contributed by atoms with Crippen LogP contribution in [-0.2, 0) is 0 Å². The van der Waals surface area contributed by atoms with Gasteiger partial charge in [-0.05, 0) is 18.3 Å². The van der Waals surface area contributed by atoms with Crippen LogP contribution in [0.15, 0.2) is 0 Å². The zero-order valence-electron chi connectivity index (χ0n) is 8.37. The minimum atomic E-state index is 0.106. The Morgan fingerprint density at radius 2 is 1.92 bits per heavy atom. The third-order valence-corrected chi connectivity index (χ3v) is 2.49. The number of nitrogens with zero attached hydrogens (tertiary/aromatic N) is 2. The van der Waals surface area contributed by atoms with Gasteiger partial charge in [-0.25, -0.2) is 4.79 Å². The summed E-state index contributed by atoms with van der Waals surface area (Å²) in [6.45, 7) is 3.15. The van der Waals surface area contributed by atoms with E-state index < -0.39 is 0 Å². The number of carbonyl (C=O) groups excluding carboxylic acids is 1. The lowest BCUT2D eigenvalue weighted by Gasteiger charge is -2.21. The van der Waals surface area contributed by atoms with Gasteiger partial charge in [0.2, 0.25) is 0 Å². The SMILES string of the molecule is CC1CC1CN(C)C(=O)N(C)C. The summed E-state index contributed by atoms with van der Waals surface area (Å²) in [5.74, 6) is 1.57. The average molecular weight is 170 g/mol. The van der Waals surface area contributed by atoms with Gasteiger partial charge in [0, 0.05) is 27.7 Å². The minimum Gasteiger partial charge on any atom is -0.331 e. The smallest absolute Gasteiger partial charge is 0.319 e. The standard InChI is InChI=1S/C9H18N2O/c1-7-5-8(7)6-11(4)9(12)10(2)3/h7-8H,5-6H2,1-4H3. The first-order chi connectivity index (χ1) is 5.52. The molecule has 1 aliphatic carbocycles. The summed E-state index contributed by atoms with van der Waals surface area (Å²) < 4.78 is 0. The van der Waals surface area contributed by atoms with E-state index in [1.54, 1.807) is 23.9 Å². The molecule has 70 valence electrons. The predicted molar refractivity (Wildman–Crippen MR) is 49.0 cm³/mol. The summed E-state index contributed by atoms with van der Waals surface area (Å²) in [5, 5.41) is 0. The van der Waals surface area contributed by atoms with Crippen molar-refractivity contribution in [3.63, 3.8) is 0 Å². The molecule has 0 aliphatic heterocycles. The lowest BCUT2D eigenvalue weighted by atomic mass is 10.3. The molecule has 2 amide bonds. The zero-order valence-corrected chi connectivity index (χ0v) is 8.37. The minimum absolute atomic E-state index is 0.106. The molecule has 0 N–H and O–H groups in total. The molecular weight excluding hydrogens is 152 g/mol. The van der Waals surface area contributed by atoms with Crippen LogP contribution in [0.3, 0.4) is 0 Å². The third-order valence-electron chi connectivity index (χ3n) is 2.49. The van der Waals surface area contributed by atoms with E-state index in [1.807, 2.05) is 7.05 Å². The average Bonchev–Trinajstić information content (AvgIpc) is 2.64. The van der Waals surface area contributed by atoms with E-state index in [0.29, 0.717) is 0 Å². The molecule has 0 aromatic heterocycles. The second kappa shape index (κ2) is 3.33. The predicted octanol–water partition coefficient (Wildman–Crippen LogP) is 1.26. The third kappa shape index (κ3) is 2.13. The van der Waals surface area contributed by atoms with Gasteiger partial charge in [0.25, 0.3) is 0 Å². The van der Waals surface area contributed by atoms with Crippen molar-refractivity contribution in [1.82, 2.24) is 9.80 Å². The molecule has 0 spiro atoms. The van der Waals surface area contributed by atoms with Crippen molar-refractivity contribution in [2.45, 2.75) is 13.3 Å². The zero-order chi connectivity index (χ0) is 9.30. The molecule has 1 aliphatic rings. The molecule has 2 atom stereocenters. The van der Waals surface area contributed by atoms with Crippen LogP contribution in [-0.4, -0.2) is 43.5 Å². The Morgan fingerprint density at radius 3 is 2.25 bits per heavy atom. The Morgan fingerprint density at radius 1 is 1.42 bits per heavy atom. The van der Waals surface area contributed by atoms with Gasteiger partial charge in [0.15, 0.2) is 0 Å². The summed E-state index contributed by atoms with van der Waals surface area (Å²) in [6.07, 6.45) is 1.28. The van der Waals surface area contributed by atoms with Crippen LogP contribution in [0.5, 0.6) is 0 Å². The van der Waals surface area contributed by atoms with Crippen LogP contribution in [0, 0.1) is 11.8 Å². The van der Waals surface area contributed by atoms with Crippen molar-refractivity contribution in [2.75, 3.05) is 27.7 Å². The molecule has 1 saturated carbocycles. The first-order valence-corrected chi connectivity index (χ1v) is 4.44. The Kier molecular flexibility index (Phi) is 2.60. The monoisotopic (exact) mass is 170 g/mol. The first kappa shape index (κ1) is 9.36. The van der Waals surface area contributed by atoms with Gasteiger partial charge in [-0.2, -0.15) is 0 Å². The molecule has 12 heavy (non-hydrogen) atoms. The molecule has 1 rings (SSSR count). The Hall–Kier alpha value is -0.730. The van der Waals surface area contributed by atoms with E-state index in [9.17, 15) is 4.79 Å². The molecule has 2 unspecified atom stereocenters. The van der Waals surface area contributed by atoms with Crippen molar-refractivity contribution >= 4 is 6.03 Å². The van der Waals surface area contributed by atoms with Gasteiger partial charge in [-0.15, -0.1) is 0 Å². The second-order valence-corrected chi connectivity index (χ2v) is 4.03. The number of amides is 2. The molecule has 0 radical (unpaired) electrons. The van der Waals surface area contributed by atoms with Crippen LogP contribution < -0.4 is 0 Å². The van der Waals surface area contributed by atoms with Crippen LogP contribution >= 0.6 is 0 Å². The number of urea groups is 1. The topological polar surface area (TPSA) is 23.6 Å². The summed E-state index contributed by atoms with van der Waals surface area (Å²) in [6, 6.07) is 0.106. The van der Waals surface area contributed by atoms with E-state index in [2.05, 4.69) is 6.92 Å². The number of rotatable bonds is 2. The fourth-order valence-corrected chi connectivity index (χ4v) is 1.42. The first-order valence-electron chi connectivity index (χ1n) is 4.44. The molecule has 0 aromatic carbocycles. The second-order valence-electron chi connectivity index (χ2n) is 4.03. The van der Waals surface area contributed by atoms with Gasteiger partial charge in [-0.3, -0.25) is 0 Å². The fraction of sp³-hybridized carbons (Fsp3) is 0.889. The van der Waals surface area contributed by atoms with E-state index in [1.165, 1.54) is 6.42 Å². The normalized spacial score (nSPS) is 26.7. The number of carbonyl (C=O) groups is 1. The molecule has 0 bridgehead atoms. The van der Waals surface area contributed by atoms with Crippen molar-refractivity contribution in [3.8, 4) is 0 Å². The molecule has 3 heteroatoms. The molecule has 0 heterocycles. The molecule has 0 aromatic rings. The van der Waals surface area contributed by atoms with Gasteiger partial charge in [-0.1, -0.05) is 6.92 Å². The highest BCUT2D eigenvalue weighted by Gasteiger charge is 2.34. The van der Waals surface area contributed by atoms with Crippen LogP contribution in [0.4, 0.5) is 4.79 Å². The molecule has 1 fully saturated rings. The summed E-state index contributed by atoms with van der Waals surface area (Å²) in [5.41, 5.74) is 0. The maximum absolute atomic E-state index is 11.4. The lowest BCUT2D eigenvalue weighted by Crippen LogP contribution is -2.37. The maximum atomic E-state index is 11.4. The fourth-order valence-electron chi connectivity index (χ4n) is 1.42. The molecule has 0 saturated heterocycles. The highest BCUT2D eigenvalue weighted by molar-refractivity contribution is 5.73. The highest BCUT2D eigenvalue weighted by atomic mass is 16.2. The maximum Gasteiger partial charge on any atom is 0.319 e. The lowest BCUT2D eigenvalue weighted by molar-refractivity contribution is 0.179. The summed E-state index contributed by atoms with van der Waals surface area (Å²) in [4.78, 5) is 14.8. The van der Waals surface area contributed by atoms with Crippen molar-refractivity contribution in [2.24, 2.45) is 11.8 Å². The van der Waals surface area contributed by atoms with Crippen LogP contribution in [0.25, 0.3) is 0 Å². The summed E-state index contributed by atoms with van der Waals surface area (Å²) >= 11 is 0. The van der Waals surface area contributed by atoms with Crippen LogP contribution in [0.1, 0.15) is 13.3 Å². The van der Waals surface area contributed by atoms with E-state index in [-0.39, 0.29) is 6.03 Å². The van der Waals surface area contributed by atoms with Gasteiger partial charge >= 0.3 is 6.03 Å². The van der Waals surface area contributed by atoms with Gasteiger partial charge < -0.3 is 9.80 Å². The van der Waals surface area contributed by atoms with E-state index >= 15 is 0 Å². The Balaban J connectivity index is 2.28. The van der Waals surface area contributed by atoms with E-state index in [0.717, 1.165) is 18.4 Å². The Bertz CT molecular complexity index is 179. The quantitative estimate of drug-likeness (QED) is 0.612. The Labute approximate surface area is 74.3 Å². The van der Waals surface area contributed by atoms with E-state index in [4.69, 9.17) is 0 Å². The van der Waals surface area contributed by atoms with Crippen molar-refractivity contribution in [1.29, 1.82) is 0 Å². The molecule has 3 nitrogen and oxygen atoms in total. The number of hydrogen-bond acceptors (Lipinski definition) is 1. The largest absolute Gasteiger partial charge is 0.331 e. The highest BCUT2D eigenvalue weighted by Crippen LogP contribution is 2.37. The van der Waals surface area contributed by atoms with Gasteiger partial charge in [0.1, 0.15) is 0 Å². The van der Waals surface area contributed by atoms with Crippen molar-refractivity contribution in [3.05, 3.63) is 0 Å². The van der Waals surface area contributed by atoms with Crippen molar-refractivity contribution < 1.29 is 4.79 Å². The molecular formula is C9H18N2O.